The van der Waals surface area contributed by atoms with E-state index in [0.717, 1.165) is 6.08 Å². The van der Waals surface area contributed by atoms with Crippen molar-refractivity contribution in [1.29, 1.82) is 0 Å². The van der Waals surface area contributed by atoms with Gasteiger partial charge in [0, 0.05) is 0 Å². The molecule has 0 heterocycles. The van der Waals surface area contributed by atoms with Crippen LogP contribution in [0.15, 0.2) is 12.7 Å². The summed E-state index contributed by atoms with van der Waals surface area (Å²) in [7, 11) is 1.29. The summed E-state index contributed by atoms with van der Waals surface area (Å²) in [4.78, 5) is 22.1. The number of amides is 1. The molecular formula is C11H16FNO3. The number of carbonyl (C=O) groups is 2. The lowest BCUT2D eigenvalue weighted by Crippen LogP contribution is -2.37. The van der Waals surface area contributed by atoms with Crippen molar-refractivity contribution in [3.63, 3.8) is 0 Å². The molecule has 90 valence electrons. The van der Waals surface area contributed by atoms with Crippen molar-refractivity contribution in [1.82, 2.24) is 5.32 Å². The molecule has 0 aromatic carbocycles. The molecule has 1 saturated carbocycles. The van der Waals surface area contributed by atoms with Gasteiger partial charge < -0.3 is 10.1 Å². The minimum atomic E-state index is -1.50. The first-order chi connectivity index (χ1) is 7.50. The molecule has 2 atom stereocenters. The molecule has 4 nitrogen and oxygen atoms in total. The Morgan fingerprint density at radius 1 is 1.69 bits per heavy atom. The van der Waals surface area contributed by atoms with Crippen LogP contribution in [-0.2, 0) is 14.3 Å². The average molecular weight is 229 g/mol. The molecule has 1 aliphatic carbocycles. The van der Waals surface area contributed by atoms with Crippen molar-refractivity contribution in [2.75, 3.05) is 13.7 Å². The van der Waals surface area contributed by atoms with E-state index in [4.69, 9.17) is 0 Å². The van der Waals surface area contributed by atoms with Gasteiger partial charge in [0.05, 0.1) is 19.6 Å². The number of ether oxygens (including phenoxy) is 1. The lowest BCUT2D eigenvalue weighted by Gasteiger charge is -2.19. The average Bonchev–Trinajstić information content (AvgIpc) is 2.68. The van der Waals surface area contributed by atoms with Crippen LogP contribution in [0, 0.1) is 5.92 Å². The molecule has 1 fully saturated rings. The zero-order valence-electron chi connectivity index (χ0n) is 9.29. The van der Waals surface area contributed by atoms with E-state index in [1.807, 2.05) is 0 Å². The second-order valence-corrected chi connectivity index (χ2v) is 4.04. The lowest BCUT2D eigenvalue weighted by molar-refractivity contribution is -0.145. The highest BCUT2D eigenvalue weighted by Gasteiger charge is 2.42. The minimum absolute atomic E-state index is 0.0780. The number of alkyl halides is 1. The third kappa shape index (κ3) is 3.05. The molecule has 1 amide bonds. The number of esters is 1. The molecule has 16 heavy (non-hydrogen) atoms. The van der Waals surface area contributed by atoms with E-state index in [1.54, 1.807) is 0 Å². The summed E-state index contributed by atoms with van der Waals surface area (Å²) in [5.74, 6) is -1.18. The quantitative estimate of drug-likeness (QED) is 0.577. The summed E-state index contributed by atoms with van der Waals surface area (Å²) < 4.78 is 18.7. The van der Waals surface area contributed by atoms with Crippen LogP contribution >= 0.6 is 0 Å². The standard InChI is InChI=1S/C11H16FNO3/c1-3-9(14)13-7-11(12)5-4-8(6-11)10(15)16-2/h3,8H,1,4-7H2,2H3,(H,13,14)/t8-,11+/m1/s1. The van der Waals surface area contributed by atoms with E-state index in [-0.39, 0.29) is 25.4 Å². The third-order valence-corrected chi connectivity index (χ3v) is 2.85. The fourth-order valence-electron chi connectivity index (χ4n) is 1.92. The fraction of sp³-hybridized carbons (Fsp3) is 0.636. The van der Waals surface area contributed by atoms with Gasteiger partial charge in [0.15, 0.2) is 0 Å². The van der Waals surface area contributed by atoms with Crippen LogP contribution in [0.2, 0.25) is 0 Å². The monoisotopic (exact) mass is 229 g/mol. The summed E-state index contributed by atoms with van der Waals surface area (Å²) in [6.07, 6.45) is 1.94. The van der Waals surface area contributed by atoms with Crippen molar-refractivity contribution >= 4 is 11.9 Å². The number of hydrogen-bond donors (Lipinski definition) is 1. The highest BCUT2D eigenvalue weighted by Crippen LogP contribution is 2.37. The Labute approximate surface area is 93.8 Å². The van der Waals surface area contributed by atoms with Crippen LogP contribution in [0.5, 0.6) is 0 Å². The van der Waals surface area contributed by atoms with Gasteiger partial charge in [-0.05, 0) is 25.3 Å². The van der Waals surface area contributed by atoms with Crippen LogP contribution in [0.25, 0.3) is 0 Å². The molecule has 0 spiro atoms. The fourth-order valence-corrected chi connectivity index (χ4v) is 1.92. The summed E-state index contributed by atoms with van der Waals surface area (Å²) >= 11 is 0. The van der Waals surface area contributed by atoms with Gasteiger partial charge in [0.1, 0.15) is 5.67 Å². The molecule has 5 heteroatoms. The van der Waals surface area contributed by atoms with Gasteiger partial charge >= 0.3 is 5.97 Å². The summed E-state index contributed by atoms with van der Waals surface area (Å²) in [5, 5.41) is 2.41. The van der Waals surface area contributed by atoms with Crippen molar-refractivity contribution < 1.29 is 18.7 Å². The van der Waals surface area contributed by atoms with E-state index in [0.29, 0.717) is 6.42 Å². The van der Waals surface area contributed by atoms with Gasteiger partial charge in [0.25, 0.3) is 0 Å². The van der Waals surface area contributed by atoms with E-state index in [2.05, 4.69) is 16.6 Å². The highest BCUT2D eigenvalue weighted by molar-refractivity contribution is 5.86. The number of nitrogens with one attached hydrogen (secondary N) is 1. The Balaban J connectivity index is 2.46. The Hall–Kier alpha value is -1.39. The normalized spacial score (nSPS) is 28.5. The number of carbonyl (C=O) groups excluding carboxylic acids is 2. The molecule has 1 N–H and O–H groups in total. The van der Waals surface area contributed by atoms with Crippen LogP contribution in [0.3, 0.4) is 0 Å². The SMILES string of the molecule is C=CC(=O)NC[C@]1(F)CC[C@@H](C(=O)OC)C1. The van der Waals surface area contributed by atoms with E-state index in [1.165, 1.54) is 7.11 Å². The highest BCUT2D eigenvalue weighted by atomic mass is 19.1. The zero-order valence-corrected chi connectivity index (χ0v) is 9.29. The number of methoxy groups -OCH3 is 1. The Bertz CT molecular complexity index is 306. The van der Waals surface area contributed by atoms with E-state index < -0.39 is 17.5 Å². The summed E-state index contributed by atoms with van der Waals surface area (Å²) in [6, 6.07) is 0. The Morgan fingerprint density at radius 3 is 2.94 bits per heavy atom. The van der Waals surface area contributed by atoms with Crippen molar-refractivity contribution in [2.45, 2.75) is 24.9 Å². The van der Waals surface area contributed by atoms with Gasteiger partial charge in [-0.15, -0.1) is 0 Å². The van der Waals surface area contributed by atoms with Crippen molar-refractivity contribution in [2.24, 2.45) is 5.92 Å². The molecule has 1 aliphatic rings. The molecule has 0 bridgehead atoms. The molecule has 0 aromatic heterocycles. The molecule has 0 radical (unpaired) electrons. The molecule has 0 saturated heterocycles. The maximum absolute atomic E-state index is 14.1. The van der Waals surface area contributed by atoms with Crippen molar-refractivity contribution in [3.8, 4) is 0 Å². The first kappa shape index (κ1) is 12.7. The van der Waals surface area contributed by atoms with Gasteiger partial charge in [-0.3, -0.25) is 9.59 Å². The second-order valence-electron chi connectivity index (χ2n) is 4.04. The van der Waals surface area contributed by atoms with Gasteiger partial charge in [0.2, 0.25) is 5.91 Å². The summed E-state index contributed by atoms with van der Waals surface area (Å²) in [5.41, 5.74) is -1.50. The predicted octanol–water partition coefficient (Wildman–Crippen LogP) is 0.970. The van der Waals surface area contributed by atoms with Crippen LogP contribution in [0.4, 0.5) is 4.39 Å². The van der Waals surface area contributed by atoms with E-state index in [9.17, 15) is 14.0 Å². The van der Waals surface area contributed by atoms with Crippen molar-refractivity contribution in [3.05, 3.63) is 12.7 Å². The molecule has 0 aromatic rings. The topological polar surface area (TPSA) is 55.4 Å². The maximum atomic E-state index is 14.1. The maximum Gasteiger partial charge on any atom is 0.308 e. The molecular weight excluding hydrogens is 213 g/mol. The summed E-state index contributed by atoms with van der Waals surface area (Å²) in [6.45, 7) is 3.20. The van der Waals surface area contributed by atoms with Crippen LogP contribution < -0.4 is 5.32 Å². The first-order valence-electron chi connectivity index (χ1n) is 5.18. The zero-order chi connectivity index (χ0) is 12.2. The Morgan fingerprint density at radius 2 is 2.38 bits per heavy atom. The predicted molar refractivity (Wildman–Crippen MR) is 56.4 cm³/mol. The smallest absolute Gasteiger partial charge is 0.308 e. The second kappa shape index (κ2) is 5.09. The van der Waals surface area contributed by atoms with Crippen LogP contribution in [-0.4, -0.2) is 31.2 Å². The number of halogens is 1. The van der Waals surface area contributed by atoms with Gasteiger partial charge in [-0.1, -0.05) is 6.58 Å². The number of hydrogen-bond acceptors (Lipinski definition) is 3. The molecule has 0 aliphatic heterocycles. The largest absolute Gasteiger partial charge is 0.469 e. The van der Waals surface area contributed by atoms with Gasteiger partial charge in [-0.2, -0.15) is 0 Å². The lowest BCUT2D eigenvalue weighted by atomic mass is 10.0. The number of rotatable bonds is 4. The Kier molecular flexibility index (Phi) is 4.04. The van der Waals surface area contributed by atoms with E-state index >= 15 is 0 Å². The van der Waals surface area contributed by atoms with Gasteiger partial charge in [-0.25, -0.2) is 4.39 Å². The molecule has 1 rings (SSSR count). The van der Waals surface area contributed by atoms with Crippen LogP contribution in [0.1, 0.15) is 19.3 Å². The third-order valence-electron chi connectivity index (χ3n) is 2.85. The minimum Gasteiger partial charge on any atom is -0.469 e. The molecule has 0 unspecified atom stereocenters. The first-order valence-corrected chi connectivity index (χ1v) is 5.18.